The van der Waals surface area contributed by atoms with E-state index in [1.54, 1.807) is 22.4 Å². The lowest BCUT2D eigenvalue weighted by Gasteiger charge is -2.10. The van der Waals surface area contributed by atoms with Gasteiger partial charge in [-0.25, -0.2) is 4.98 Å². The van der Waals surface area contributed by atoms with Gasteiger partial charge < -0.3 is 0 Å². The summed E-state index contributed by atoms with van der Waals surface area (Å²) in [4.78, 5) is 18.0. The summed E-state index contributed by atoms with van der Waals surface area (Å²) in [5.74, 6) is 0.799. The first kappa shape index (κ1) is 15.1. The number of benzene rings is 1. The second kappa shape index (κ2) is 6.50. The molecule has 0 unspecified atom stereocenters. The fraction of sp³-hybridized carbons (Fsp3) is 0.176. The van der Waals surface area contributed by atoms with E-state index in [1.165, 1.54) is 22.5 Å². The van der Waals surface area contributed by atoms with Crippen LogP contribution in [0.2, 0.25) is 0 Å². The molecule has 3 nitrogen and oxygen atoms in total. The molecule has 3 rings (SSSR count). The van der Waals surface area contributed by atoms with Gasteiger partial charge in [0.2, 0.25) is 0 Å². The van der Waals surface area contributed by atoms with Crippen LogP contribution in [0.4, 0.5) is 0 Å². The van der Waals surface area contributed by atoms with Gasteiger partial charge in [0.05, 0.1) is 5.39 Å². The van der Waals surface area contributed by atoms with Crippen LogP contribution < -0.4 is 5.56 Å². The molecular formula is C17H16N2OS2. The van der Waals surface area contributed by atoms with Crippen LogP contribution in [-0.4, -0.2) is 9.55 Å². The first-order chi connectivity index (χ1) is 10.7. The minimum absolute atomic E-state index is 0.0124. The van der Waals surface area contributed by atoms with Gasteiger partial charge in [-0.3, -0.25) is 9.36 Å². The van der Waals surface area contributed by atoms with Crippen molar-refractivity contribution in [2.75, 3.05) is 0 Å². The Morgan fingerprint density at radius 3 is 2.95 bits per heavy atom. The van der Waals surface area contributed by atoms with Crippen LogP contribution in [0.5, 0.6) is 0 Å². The molecular weight excluding hydrogens is 312 g/mol. The van der Waals surface area contributed by atoms with Crippen molar-refractivity contribution < 1.29 is 0 Å². The zero-order valence-electron chi connectivity index (χ0n) is 12.3. The number of hydrogen-bond acceptors (Lipinski definition) is 4. The highest BCUT2D eigenvalue weighted by Gasteiger charge is 2.12. The lowest BCUT2D eigenvalue weighted by atomic mass is 10.1. The first-order valence-electron chi connectivity index (χ1n) is 6.97. The predicted octanol–water partition coefficient (Wildman–Crippen LogP) is 4.24. The molecule has 0 saturated carbocycles. The molecule has 0 N–H and O–H groups in total. The van der Waals surface area contributed by atoms with Gasteiger partial charge in [0.15, 0.2) is 5.16 Å². The van der Waals surface area contributed by atoms with Gasteiger partial charge in [0.25, 0.3) is 5.56 Å². The molecule has 1 aromatic carbocycles. The Morgan fingerprint density at radius 1 is 1.36 bits per heavy atom. The summed E-state index contributed by atoms with van der Waals surface area (Å²) in [7, 11) is 0. The van der Waals surface area contributed by atoms with Crippen molar-refractivity contribution in [2.24, 2.45) is 0 Å². The number of allylic oxidation sites excluding steroid dienone is 1. The summed E-state index contributed by atoms with van der Waals surface area (Å²) in [6, 6.07) is 10.1. The first-order valence-corrected chi connectivity index (χ1v) is 8.83. The Morgan fingerprint density at radius 2 is 2.18 bits per heavy atom. The second-order valence-electron chi connectivity index (χ2n) is 4.95. The lowest BCUT2D eigenvalue weighted by Crippen LogP contribution is -2.22. The second-order valence-corrected chi connectivity index (χ2v) is 6.79. The van der Waals surface area contributed by atoms with E-state index in [-0.39, 0.29) is 5.56 Å². The van der Waals surface area contributed by atoms with Gasteiger partial charge in [-0.15, -0.1) is 17.9 Å². The number of aryl methyl sites for hydroxylation is 1. The minimum Gasteiger partial charge on any atom is -0.283 e. The summed E-state index contributed by atoms with van der Waals surface area (Å²) in [5.41, 5.74) is 2.53. The largest absolute Gasteiger partial charge is 0.283 e. The van der Waals surface area contributed by atoms with E-state index in [9.17, 15) is 4.79 Å². The van der Waals surface area contributed by atoms with Gasteiger partial charge >= 0.3 is 0 Å². The van der Waals surface area contributed by atoms with Gasteiger partial charge in [-0.05, 0) is 29.5 Å². The fourth-order valence-corrected chi connectivity index (χ4v) is 4.13. The smallest absolute Gasteiger partial charge is 0.263 e. The van der Waals surface area contributed by atoms with Crippen molar-refractivity contribution in [1.82, 2.24) is 9.55 Å². The highest BCUT2D eigenvalue weighted by atomic mass is 32.2. The van der Waals surface area contributed by atoms with Crippen LogP contribution in [0.15, 0.2) is 58.3 Å². The van der Waals surface area contributed by atoms with E-state index < -0.39 is 0 Å². The van der Waals surface area contributed by atoms with Crippen LogP contribution in [0.25, 0.3) is 10.2 Å². The fourth-order valence-electron chi connectivity index (χ4n) is 2.24. The molecule has 5 heteroatoms. The molecule has 0 aliphatic carbocycles. The van der Waals surface area contributed by atoms with Crippen molar-refractivity contribution in [1.29, 1.82) is 0 Å². The lowest BCUT2D eigenvalue weighted by molar-refractivity contribution is 0.673. The Kier molecular flexibility index (Phi) is 4.45. The van der Waals surface area contributed by atoms with E-state index >= 15 is 0 Å². The van der Waals surface area contributed by atoms with Crippen molar-refractivity contribution in [2.45, 2.75) is 24.4 Å². The van der Waals surface area contributed by atoms with Crippen molar-refractivity contribution in [3.05, 3.63) is 69.8 Å². The number of thiophene rings is 1. The SMILES string of the molecule is C=CCn1c(SCc2ccccc2C)nc2sccc2c1=O. The molecule has 0 radical (unpaired) electrons. The van der Waals surface area contributed by atoms with Crippen LogP contribution in [0, 0.1) is 6.92 Å². The molecule has 0 amide bonds. The highest BCUT2D eigenvalue weighted by molar-refractivity contribution is 7.98. The molecule has 0 fully saturated rings. The summed E-state index contributed by atoms with van der Waals surface area (Å²) in [5, 5.41) is 3.35. The quantitative estimate of drug-likeness (QED) is 0.399. The van der Waals surface area contributed by atoms with Crippen molar-refractivity contribution in [3.8, 4) is 0 Å². The Bertz CT molecular complexity index is 880. The molecule has 0 spiro atoms. The van der Waals surface area contributed by atoms with Crippen molar-refractivity contribution >= 4 is 33.3 Å². The average molecular weight is 328 g/mol. The van der Waals surface area contributed by atoms with Crippen molar-refractivity contribution in [3.63, 3.8) is 0 Å². The molecule has 0 saturated heterocycles. The number of nitrogens with zero attached hydrogens (tertiary/aromatic N) is 2. The standard InChI is InChI=1S/C17H16N2OS2/c1-3-9-19-16(20)14-8-10-21-15(14)18-17(19)22-11-13-7-5-4-6-12(13)2/h3-8,10H,1,9,11H2,2H3. The summed E-state index contributed by atoms with van der Waals surface area (Å²) < 4.78 is 1.70. The molecule has 2 aromatic heterocycles. The summed E-state index contributed by atoms with van der Waals surface area (Å²) >= 11 is 3.10. The third kappa shape index (κ3) is 2.87. The summed E-state index contributed by atoms with van der Waals surface area (Å²) in [6.45, 7) is 6.32. The molecule has 0 aliphatic rings. The van der Waals surface area contributed by atoms with E-state index in [1.807, 2.05) is 23.6 Å². The van der Waals surface area contributed by atoms with Crippen LogP contribution in [0.3, 0.4) is 0 Å². The maximum absolute atomic E-state index is 12.5. The normalized spacial score (nSPS) is 11.0. The molecule has 0 aliphatic heterocycles. The van der Waals surface area contributed by atoms with Gasteiger partial charge in [-0.2, -0.15) is 0 Å². The highest BCUT2D eigenvalue weighted by Crippen LogP contribution is 2.25. The molecule has 0 atom stereocenters. The molecule has 2 heterocycles. The van der Waals surface area contributed by atoms with Crippen LogP contribution in [0.1, 0.15) is 11.1 Å². The van der Waals surface area contributed by atoms with Gasteiger partial charge in [0, 0.05) is 12.3 Å². The van der Waals surface area contributed by atoms with E-state index in [0.717, 1.165) is 15.7 Å². The Labute approximate surface area is 137 Å². The predicted molar refractivity (Wildman–Crippen MR) is 94.8 cm³/mol. The molecule has 22 heavy (non-hydrogen) atoms. The number of rotatable bonds is 5. The number of aromatic nitrogens is 2. The number of thioether (sulfide) groups is 1. The number of fused-ring (bicyclic) bond motifs is 1. The Balaban J connectivity index is 1.98. The minimum atomic E-state index is 0.0124. The Hall–Kier alpha value is -1.85. The third-order valence-corrected chi connectivity index (χ3v) is 5.31. The van der Waals surface area contributed by atoms with Crippen LogP contribution in [-0.2, 0) is 12.3 Å². The van der Waals surface area contributed by atoms with E-state index in [4.69, 9.17) is 0 Å². The maximum Gasteiger partial charge on any atom is 0.263 e. The summed E-state index contributed by atoms with van der Waals surface area (Å²) in [6.07, 6.45) is 1.74. The van der Waals surface area contributed by atoms with Gasteiger partial charge in [-0.1, -0.05) is 42.1 Å². The van der Waals surface area contributed by atoms with Gasteiger partial charge in [0.1, 0.15) is 4.83 Å². The van der Waals surface area contributed by atoms with E-state index in [0.29, 0.717) is 11.9 Å². The topological polar surface area (TPSA) is 34.9 Å². The molecule has 0 bridgehead atoms. The average Bonchev–Trinajstić information content (AvgIpc) is 2.98. The third-order valence-electron chi connectivity index (χ3n) is 3.48. The number of hydrogen-bond donors (Lipinski definition) is 0. The zero-order chi connectivity index (χ0) is 15.5. The zero-order valence-corrected chi connectivity index (χ0v) is 13.9. The molecule has 3 aromatic rings. The van der Waals surface area contributed by atoms with E-state index in [2.05, 4.69) is 30.6 Å². The monoisotopic (exact) mass is 328 g/mol. The molecule has 112 valence electrons. The maximum atomic E-state index is 12.5. The van der Waals surface area contributed by atoms with Crippen LogP contribution >= 0.6 is 23.1 Å².